The van der Waals surface area contributed by atoms with Gasteiger partial charge in [0.1, 0.15) is 5.75 Å². The van der Waals surface area contributed by atoms with E-state index < -0.39 is 0 Å². The molecule has 0 aromatic heterocycles. The van der Waals surface area contributed by atoms with Gasteiger partial charge < -0.3 is 19.9 Å². The van der Waals surface area contributed by atoms with Crippen LogP contribution in [0.15, 0.2) is 12.1 Å². The molecular formula is C14H21NO4. The summed E-state index contributed by atoms with van der Waals surface area (Å²) in [5, 5.41) is 0. The maximum Gasteiger partial charge on any atom is 0.169 e. The number of hydrogen-bond acceptors (Lipinski definition) is 5. The average molecular weight is 267 g/mol. The average Bonchev–Trinajstić information content (AvgIpc) is 2.45. The van der Waals surface area contributed by atoms with Crippen molar-refractivity contribution in [2.75, 3.05) is 27.9 Å². The summed E-state index contributed by atoms with van der Waals surface area (Å²) in [7, 11) is 4.59. The predicted molar refractivity (Wildman–Crippen MR) is 73.3 cm³/mol. The lowest BCUT2D eigenvalue weighted by molar-refractivity contribution is 0.0922. The van der Waals surface area contributed by atoms with Gasteiger partial charge >= 0.3 is 0 Å². The lowest BCUT2D eigenvalue weighted by atomic mass is 9.95. The van der Waals surface area contributed by atoms with Crippen LogP contribution in [0, 0.1) is 5.92 Å². The summed E-state index contributed by atoms with van der Waals surface area (Å²) in [5.41, 5.74) is 5.98. The van der Waals surface area contributed by atoms with Crippen LogP contribution in [0.4, 0.5) is 0 Å². The fourth-order valence-corrected chi connectivity index (χ4v) is 1.87. The number of hydrogen-bond donors (Lipinski definition) is 1. The monoisotopic (exact) mass is 267 g/mol. The molecule has 19 heavy (non-hydrogen) atoms. The Hall–Kier alpha value is -1.75. The van der Waals surface area contributed by atoms with E-state index in [1.165, 1.54) is 21.3 Å². The highest BCUT2D eigenvalue weighted by Crippen LogP contribution is 2.35. The maximum absolute atomic E-state index is 12.4. The Kier molecular flexibility index (Phi) is 5.63. The van der Waals surface area contributed by atoms with E-state index >= 15 is 0 Å². The molecule has 106 valence electrons. The van der Waals surface area contributed by atoms with Crippen LogP contribution in [0.3, 0.4) is 0 Å². The van der Waals surface area contributed by atoms with Crippen molar-refractivity contribution in [1.29, 1.82) is 0 Å². The van der Waals surface area contributed by atoms with Gasteiger partial charge in [0.2, 0.25) is 0 Å². The number of nitrogens with two attached hydrogens (primary N) is 1. The molecule has 0 saturated carbocycles. The van der Waals surface area contributed by atoms with E-state index in [-0.39, 0.29) is 11.7 Å². The Bertz CT molecular complexity index is 445. The summed E-state index contributed by atoms with van der Waals surface area (Å²) in [4.78, 5) is 12.4. The molecule has 0 heterocycles. The fourth-order valence-electron chi connectivity index (χ4n) is 1.87. The number of carbonyl (C=O) groups excluding carboxylic acids is 1. The van der Waals surface area contributed by atoms with Crippen molar-refractivity contribution < 1.29 is 19.0 Å². The molecule has 1 atom stereocenters. The van der Waals surface area contributed by atoms with E-state index in [9.17, 15) is 4.79 Å². The number of ether oxygens (including phenoxy) is 3. The van der Waals surface area contributed by atoms with Crippen LogP contribution in [0.5, 0.6) is 17.2 Å². The predicted octanol–water partition coefficient (Wildman–Crippen LogP) is 1.88. The van der Waals surface area contributed by atoms with Crippen LogP contribution < -0.4 is 19.9 Å². The van der Waals surface area contributed by atoms with Crippen LogP contribution in [-0.2, 0) is 0 Å². The van der Waals surface area contributed by atoms with Gasteiger partial charge in [-0.2, -0.15) is 0 Å². The summed E-state index contributed by atoms with van der Waals surface area (Å²) in [5.74, 6) is 1.35. The molecule has 1 unspecified atom stereocenters. The van der Waals surface area contributed by atoms with Crippen LogP contribution in [0.1, 0.15) is 23.7 Å². The van der Waals surface area contributed by atoms with Crippen molar-refractivity contribution in [2.24, 2.45) is 11.7 Å². The summed E-state index contributed by atoms with van der Waals surface area (Å²) in [6, 6.07) is 3.30. The largest absolute Gasteiger partial charge is 0.496 e. The lowest BCUT2D eigenvalue weighted by Crippen LogP contribution is -2.16. The van der Waals surface area contributed by atoms with Gasteiger partial charge in [0.25, 0.3) is 0 Å². The number of benzene rings is 1. The van der Waals surface area contributed by atoms with Gasteiger partial charge in [-0.1, -0.05) is 6.92 Å². The fraction of sp³-hybridized carbons (Fsp3) is 0.500. The van der Waals surface area contributed by atoms with Crippen LogP contribution in [-0.4, -0.2) is 33.7 Å². The zero-order valence-corrected chi connectivity index (χ0v) is 11.9. The Labute approximate surface area is 113 Å². The number of ketones is 1. The highest BCUT2D eigenvalue weighted by atomic mass is 16.5. The summed E-state index contributed by atoms with van der Waals surface area (Å²) < 4.78 is 15.6. The van der Waals surface area contributed by atoms with Crippen LogP contribution in [0.25, 0.3) is 0 Å². The molecule has 5 nitrogen and oxygen atoms in total. The second-order valence-electron chi connectivity index (χ2n) is 4.25. The molecule has 0 spiro atoms. The van der Waals surface area contributed by atoms with Crippen molar-refractivity contribution >= 4 is 5.78 Å². The summed E-state index contributed by atoms with van der Waals surface area (Å²) in [6.45, 7) is 2.33. The number of Topliss-reactive ketones (excluding diaryl/α,β-unsaturated/α-hetero) is 1. The number of carbonyl (C=O) groups is 1. The maximum atomic E-state index is 12.4. The zero-order valence-electron chi connectivity index (χ0n) is 11.9. The molecule has 0 aliphatic carbocycles. The summed E-state index contributed by atoms with van der Waals surface area (Å²) >= 11 is 0. The minimum atomic E-state index is -0.156. The molecule has 0 amide bonds. The van der Waals surface area contributed by atoms with Crippen molar-refractivity contribution in [3.05, 3.63) is 17.7 Å². The van der Waals surface area contributed by atoms with Crippen molar-refractivity contribution in [1.82, 2.24) is 0 Å². The van der Waals surface area contributed by atoms with Crippen LogP contribution >= 0.6 is 0 Å². The molecule has 5 heteroatoms. The topological polar surface area (TPSA) is 70.8 Å². The Morgan fingerprint density at radius 1 is 1.11 bits per heavy atom. The molecule has 2 N–H and O–H groups in total. The van der Waals surface area contributed by atoms with E-state index in [0.29, 0.717) is 35.8 Å². The Balaban J connectivity index is 3.21. The molecule has 0 aliphatic rings. The SMILES string of the molecule is COc1cc(OC)c(C(=O)C(C)CCN)cc1OC. The number of rotatable bonds is 7. The van der Waals surface area contributed by atoms with Gasteiger partial charge in [0.05, 0.1) is 26.9 Å². The quantitative estimate of drug-likeness (QED) is 0.764. The third-order valence-electron chi connectivity index (χ3n) is 3.02. The third-order valence-corrected chi connectivity index (χ3v) is 3.02. The first-order chi connectivity index (χ1) is 9.08. The van der Waals surface area contributed by atoms with Gasteiger partial charge in [-0.25, -0.2) is 0 Å². The minimum absolute atomic E-state index is 0.0109. The molecule has 1 aromatic carbocycles. The van der Waals surface area contributed by atoms with Gasteiger partial charge in [-0.05, 0) is 19.0 Å². The normalized spacial score (nSPS) is 11.8. The minimum Gasteiger partial charge on any atom is -0.496 e. The van der Waals surface area contributed by atoms with Crippen molar-refractivity contribution in [2.45, 2.75) is 13.3 Å². The molecule has 0 saturated heterocycles. The molecular weight excluding hydrogens is 246 g/mol. The van der Waals surface area contributed by atoms with Crippen LogP contribution in [0.2, 0.25) is 0 Å². The first-order valence-corrected chi connectivity index (χ1v) is 6.13. The molecule has 0 fully saturated rings. The second kappa shape index (κ2) is 6.99. The first-order valence-electron chi connectivity index (χ1n) is 6.13. The van der Waals surface area contributed by atoms with E-state index in [4.69, 9.17) is 19.9 Å². The van der Waals surface area contributed by atoms with Gasteiger partial charge in [-0.15, -0.1) is 0 Å². The van der Waals surface area contributed by atoms with Gasteiger partial charge in [0.15, 0.2) is 17.3 Å². The zero-order chi connectivity index (χ0) is 14.4. The smallest absolute Gasteiger partial charge is 0.169 e. The second-order valence-corrected chi connectivity index (χ2v) is 4.25. The van der Waals surface area contributed by atoms with Crippen molar-refractivity contribution in [3.8, 4) is 17.2 Å². The third kappa shape index (κ3) is 3.38. The lowest BCUT2D eigenvalue weighted by Gasteiger charge is -2.15. The van der Waals surface area contributed by atoms with E-state index in [1.807, 2.05) is 6.92 Å². The standard InChI is InChI=1S/C14H21NO4/c1-9(5-6-15)14(16)10-7-12(18-3)13(19-4)8-11(10)17-2/h7-9H,5-6,15H2,1-4H3. The number of methoxy groups -OCH3 is 3. The highest BCUT2D eigenvalue weighted by Gasteiger charge is 2.21. The molecule has 0 radical (unpaired) electrons. The van der Waals surface area contributed by atoms with Crippen molar-refractivity contribution in [3.63, 3.8) is 0 Å². The van der Waals surface area contributed by atoms with E-state index in [1.54, 1.807) is 12.1 Å². The molecule has 0 aliphatic heterocycles. The molecule has 0 bridgehead atoms. The van der Waals surface area contributed by atoms with E-state index in [0.717, 1.165) is 0 Å². The van der Waals surface area contributed by atoms with Gasteiger partial charge in [0, 0.05) is 12.0 Å². The Morgan fingerprint density at radius 3 is 2.11 bits per heavy atom. The summed E-state index contributed by atoms with van der Waals surface area (Å²) in [6.07, 6.45) is 0.635. The Morgan fingerprint density at radius 2 is 1.63 bits per heavy atom. The van der Waals surface area contributed by atoms with E-state index in [2.05, 4.69) is 0 Å². The highest BCUT2D eigenvalue weighted by molar-refractivity contribution is 6.00. The van der Waals surface area contributed by atoms with Gasteiger partial charge in [-0.3, -0.25) is 4.79 Å². The molecule has 1 aromatic rings. The first kappa shape index (κ1) is 15.3. The molecule has 1 rings (SSSR count).